The average Bonchev–Trinajstić information content (AvgIpc) is 2.43. The van der Waals surface area contributed by atoms with Crippen LogP contribution in [-0.4, -0.2) is 17.0 Å². The molecule has 0 aliphatic heterocycles. The van der Waals surface area contributed by atoms with Gasteiger partial charge in [0.05, 0.1) is 16.1 Å². The summed E-state index contributed by atoms with van der Waals surface area (Å²) in [4.78, 5) is 15.1. The van der Waals surface area contributed by atoms with Gasteiger partial charge >= 0.3 is 0 Å². The number of nitro groups is 1. The standard InChI is InChI=1S/C14H11N3O2/c1-15-13-9-5-2-3-7-11(9)16-14-10(13)6-4-8-12(14)17(18)19/h2-8H,1H3,(H,15,16). The van der Waals surface area contributed by atoms with E-state index in [1.807, 2.05) is 30.3 Å². The lowest BCUT2D eigenvalue weighted by atomic mass is 10.1. The van der Waals surface area contributed by atoms with Crippen LogP contribution in [0.15, 0.2) is 42.5 Å². The molecule has 1 N–H and O–H groups in total. The molecule has 0 bridgehead atoms. The minimum Gasteiger partial charge on any atom is -0.387 e. The van der Waals surface area contributed by atoms with Crippen LogP contribution in [0.25, 0.3) is 21.8 Å². The van der Waals surface area contributed by atoms with Crippen molar-refractivity contribution in [2.45, 2.75) is 0 Å². The molecule has 0 radical (unpaired) electrons. The average molecular weight is 253 g/mol. The number of para-hydroxylation sites is 2. The second-order valence-corrected chi connectivity index (χ2v) is 4.18. The molecule has 0 spiro atoms. The molecule has 19 heavy (non-hydrogen) atoms. The number of rotatable bonds is 2. The SMILES string of the molecule is CNc1c2ccccc2nc2c([N+](=O)[O-])cccc12. The van der Waals surface area contributed by atoms with Crippen LogP contribution in [0.1, 0.15) is 0 Å². The van der Waals surface area contributed by atoms with Crippen molar-refractivity contribution in [2.75, 3.05) is 12.4 Å². The lowest BCUT2D eigenvalue weighted by Gasteiger charge is -2.09. The van der Waals surface area contributed by atoms with Gasteiger partial charge in [-0.05, 0) is 6.07 Å². The Morgan fingerprint density at radius 1 is 1.11 bits per heavy atom. The summed E-state index contributed by atoms with van der Waals surface area (Å²) >= 11 is 0. The van der Waals surface area contributed by atoms with Crippen molar-refractivity contribution >= 4 is 33.2 Å². The zero-order valence-corrected chi connectivity index (χ0v) is 10.3. The number of nitro benzene ring substituents is 1. The molecule has 0 aliphatic carbocycles. The van der Waals surface area contributed by atoms with Crippen LogP contribution in [0.2, 0.25) is 0 Å². The Labute approximate surface area is 109 Å². The van der Waals surface area contributed by atoms with Crippen molar-refractivity contribution in [3.63, 3.8) is 0 Å². The number of anilines is 1. The van der Waals surface area contributed by atoms with Gasteiger partial charge in [-0.3, -0.25) is 10.1 Å². The van der Waals surface area contributed by atoms with Gasteiger partial charge < -0.3 is 5.32 Å². The summed E-state index contributed by atoms with van der Waals surface area (Å²) in [6, 6.07) is 12.6. The highest BCUT2D eigenvalue weighted by molar-refractivity contribution is 6.09. The van der Waals surface area contributed by atoms with Gasteiger partial charge in [0.25, 0.3) is 5.69 Å². The fourth-order valence-electron chi connectivity index (χ4n) is 2.32. The zero-order chi connectivity index (χ0) is 13.4. The number of hydrogen-bond acceptors (Lipinski definition) is 4. The summed E-state index contributed by atoms with van der Waals surface area (Å²) in [5.41, 5.74) is 2.05. The van der Waals surface area contributed by atoms with E-state index in [1.54, 1.807) is 13.1 Å². The smallest absolute Gasteiger partial charge is 0.295 e. The Balaban J connectivity index is 2.55. The van der Waals surface area contributed by atoms with E-state index >= 15 is 0 Å². The van der Waals surface area contributed by atoms with Crippen LogP contribution in [0.3, 0.4) is 0 Å². The fourth-order valence-corrected chi connectivity index (χ4v) is 2.32. The van der Waals surface area contributed by atoms with Crippen LogP contribution in [-0.2, 0) is 0 Å². The Morgan fingerprint density at radius 2 is 1.84 bits per heavy atom. The molecule has 0 amide bonds. The lowest BCUT2D eigenvalue weighted by molar-refractivity contribution is -0.383. The fraction of sp³-hybridized carbons (Fsp3) is 0.0714. The van der Waals surface area contributed by atoms with Crippen molar-refractivity contribution in [2.24, 2.45) is 0 Å². The Morgan fingerprint density at radius 3 is 2.58 bits per heavy atom. The molecule has 0 atom stereocenters. The topological polar surface area (TPSA) is 68.1 Å². The molecule has 0 fully saturated rings. The summed E-state index contributed by atoms with van der Waals surface area (Å²) in [6.45, 7) is 0. The number of nitrogens with zero attached hydrogens (tertiary/aromatic N) is 2. The van der Waals surface area contributed by atoms with Crippen molar-refractivity contribution in [3.8, 4) is 0 Å². The van der Waals surface area contributed by atoms with Gasteiger partial charge in [0.15, 0.2) is 5.52 Å². The first-order chi connectivity index (χ1) is 9.22. The Bertz CT molecular complexity index is 799. The van der Waals surface area contributed by atoms with Gasteiger partial charge in [-0.25, -0.2) is 4.98 Å². The van der Waals surface area contributed by atoms with Gasteiger partial charge in [0.2, 0.25) is 0 Å². The predicted octanol–water partition coefficient (Wildman–Crippen LogP) is 3.34. The number of hydrogen-bond donors (Lipinski definition) is 1. The second-order valence-electron chi connectivity index (χ2n) is 4.18. The molecule has 5 nitrogen and oxygen atoms in total. The molecule has 94 valence electrons. The maximum Gasteiger partial charge on any atom is 0.295 e. The third-order valence-corrected chi connectivity index (χ3v) is 3.14. The highest BCUT2D eigenvalue weighted by Gasteiger charge is 2.16. The molecule has 0 saturated carbocycles. The second kappa shape index (κ2) is 4.20. The summed E-state index contributed by atoms with van der Waals surface area (Å²) in [5.74, 6) is 0. The highest BCUT2D eigenvalue weighted by Crippen LogP contribution is 2.34. The van der Waals surface area contributed by atoms with E-state index < -0.39 is 4.92 Å². The largest absolute Gasteiger partial charge is 0.387 e. The molecule has 3 rings (SSSR count). The quantitative estimate of drug-likeness (QED) is 0.432. The molecular weight excluding hydrogens is 242 g/mol. The third-order valence-electron chi connectivity index (χ3n) is 3.14. The predicted molar refractivity (Wildman–Crippen MR) is 75.5 cm³/mol. The molecule has 2 aromatic carbocycles. The first-order valence-corrected chi connectivity index (χ1v) is 5.86. The van der Waals surface area contributed by atoms with Gasteiger partial charge in [-0.15, -0.1) is 0 Å². The number of non-ortho nitro benzene ring substituents is 1. The van der Waals surface area contributed by atoms with Crippen molar-refractivity contribution < 1.29 is 4.92 Å². The van der Waals surface area contributed by atoms with E-state index in [0.717, 1.165) is 22.0 Å². The summed E-state index contributed by atoms with van der Waals surface area (Å²) < 4.78 is 0. The van der Waals surface area contributed by atoms with Crippen molar-refractivity contribution in [1.29, 1.82) is 0 Å². The summed E-state index contributed by atoms with van der Waals surface area (Å²) in [5, 5.41) is 15.9. The number of benzene rings is 2. The number of nitrogens with one attached hydrogen (secondary N) is 1. The number of aromatic nitrogens is 1. The molecule has 3 aromatic rings. The maximum atomic E-state index is 11.1. The van der Waals surface area contributed by atoms with E-state index in [1.165, 1.54) is 6.07 Å². The Hall–Kier alpha value is -2.69. The van der Waals surface area contributed by atoms with Gasteiger partial charge in [-0.2, -0.15) is 0 Å². The van der Waals surface area contributed by atoms with Crippen LogP contribution >= 0.6 is 0 Å². The molecule has 0 aliphatic rings. The normalized spacial score (nSPS) is 10.8. The highest BCUT2D eigenvalue weighted by atomic mass is 16.6. The molecule has 1 heterocycles. The number of pyridine rings is 1. The molecule has 0 saturated heterocycles. The summed E-state index contributed by atoms with van der Waals surface area (Å²) in [7, 11) is 1.81. The van der Waals surface area contributed by atoms with Crippen LogP contribution in [0.5, 0.6) is 0 Å². The maximum absolute atomic E-state index is 11.1. The number of fused-ring (bicyclic) bond motifs is 2. The van der Waals surface area contributed by atoms with Crippen LogP contribution in [0, 0.1) is 10.1 Å². The van der Waals surface area contributed by atoms with Gasteiger partial charge in [0, 0.05) is 23.9 Å². The molecular formula is C14H11N3O2. The summed E-state index contributed by atoms with van der Waals surface area (Å²) in [6.07, 6.45) is 0. The molecule has 1 aromatic heterocycles. The third kappa shape index (κ3) is 1.67. The van der Waals surface area contributed by atoms with E-state index in [0.29, 0.717) is 5.52 Å². The van der Waals surface area contributed by atoms with E-state index in [9.17, 15) is 10.1 Å². The van der Waals surface area contributed by atoms with Gasteiger partial charge in [-0.1, -0.05) is 30.3 Å². The monoisotopic (exact) mass is 253 g/mol. The Kier molecular flexibility index (Phi) is 2.52. The minimum atomic E-state index is -0.399. The van der Waals surface area contributed by atoms with Gasteiger partial charge in [0.1, 0.15) is 0 Å². The van der Waals surface area contributed by atoms with Crippen molar-refractivity contribution in [1.82, 2.24) is 4.98 Å². The molecule has 5 heteroatoms. The van der Waals surface area contributed by atoms with Crippen LogP contribution < -0.4 is 5.32 Å². The first kappa shape index (κ1) is 11.4. The van der Waals surface area contributed by atoms with Crippen LogP contribution in [0.4, 0.5) is 11.4 Å². The molecule has 0 unspecified atom stereocenters. The first-order valence-electron chi connectivity index (χ1n) is 5.86. The van der Waals surface area contributed by atoms with E-state index in [4.69, 9.17) is 0 Å². The van der Waals surface area contributed by atoms with E-state index in [2.05, 4.69) is 10.3 Å². The lowest BCUT2D eigenvalue weighted by Crippen LogP contribution is -1.97. The minimum absolute atomic E-state index is 0.0275. The van der Waals surface area contributed by atoms with E-state index in [-0.39, 0.29) is 5.69 Å². The zero-order valence-electron chi connectivity index (χ0n) is 10.3. The van der Waals surface area contributed by atoms with Crippen molar-refractivity contribution in [3.05, 3.63) is 52.6 Å².